The smallest absolute Gasteiger partial charge is 0.305 e. The highest BCUT2D eigenvalue weighted by molar-refractivity contribution is 5.77. The van der Waals surface area contributed by atoms with Crippen molar-refractivity contribution >= 4 is 11.9 Å². The molecule has 0 aromatic carbocycles. The second-order valence-corrected chi connectivity index (χ2v) is 5.86. The Labute approximate surface area is 129 Å². The van der Waals surface area contributed by atoms with Crippen molar-refractivity contribution in [3.05, 3.63) is 0 Å². The number of carbonyl (C=O) groups excluding carboxylic acids is 1. The summed E-state index contributed by atoms with van der Waals surface area (Å²) in [6.07, 6.45) is 2.50. The van der Waals surface area contributed by atoms with Crippen LogP contribution >= 0.6 is 0 Å². The van der Waals surface area contributed by atoms with Gasteiger partial charge in [-0.2, -0.15) is 0 Å². The van der Waals surface area contributed by atoms with Crippen molar-refractivity contribution in [3.8, 4) is 0 Å². The predicted molar refractivity (Wildman–Crippen MR) is 85.3 cm³/mol. The normalized spacial score (nSPS) is 11.1. The highest BCUT2D eigenvalue weighted by atomic mass is 16.4. The standard InChI is InChI=1S/C16H32N2O3/c1-5-17(6-2)10-7-8-11-18(12-9-16(20)21)15(19)13-14(3)4/h14H,5-13H2,1-4H3,(H,20,21). The Morgan fingerprint density at radius 3 is 2.05 bits per heavy atom. The van der Waals surface area contributed by atoms with E-state index in [4.69, 9.17) is 5.11 Å². The Hall–Kier alpha value is -1.10. The van der Waals surface area contributed by atoms with Crippen LogP contribution in [0.4, 0.5) is 0 Å². The number of hydrogen-bond donors (Lipinski definition) is 1. The molecule has 0 saturated carbocycles. The lowest BCUT2D eigenvalue weighted by atomic mass is 10.1. The van der Waals surface area contributed by atoms with Gasteiger partial charge in [0.1, 0.15) is 0 Å². The van der Waals surface area contributed by atoms with Crippen LogP contribution in [-0.4, -0.2) is 59.5 Å². The van der Waals surface area contributed by atoms with Gasteiger partial charge >= 0.3 is 5.97 Å². The summed E-state index contributed by atoms with van der Waals surface area (Å²) in [5, 5.41) is 8.79. The first-order chi connectivity index (χ1) is 9.90. The van der Waals surface area contributed by atoms with Gasteiger partial charge in [-0.05, 0) is 38.4 Å². The second kappa shape index (κ2) is 11.5. The van der Waals surface area contributed by atoms with E-state index in [1.807, 2.05) is 13.8 Å². The number of carbonyl (C=O) groups is 2. The fourth-order valence-corrected chi connectivity index (χ4v) is 2.25. The first-order valence-corrected chi connectivity index (χ1v) is 8.12. The monoisotopic (exact) mass is 300 g/mol. The first-order valence-electron chi connectivity index (χ1n) is 8.12. The van der Waals surface area contributed by atoms with Gasteiger partial charge in [0.2, 0.25) is 5.91 Å². The molecule has 0 rings (SSSR count). The van der Waals surface area contributed by atoms with Crippen LogP contribution in [0.2, 0.25) is 0 Å². The predicted octanol–water partition coefficient (Wildman–Crippen LogP) is 2.46. The third-order valence-electron chi connectivity index (χ3n) is 3.58. The minimum absolute atomic E-state index is 0.0277. The zero-order chi connectivity index (χ0) is 16.3. The molecule has 0 aliphatic heterocycles. The molecule has 5 nitrogen and oxygen atoms in total. The van der Waals surface area contributed by atoms with Gasteiger partial charge in [0.25, 0.3) is 0 Å². The SMILES string of the molecule is CCN(CC)CCCCN(CCC(=O)O)C(=O)CC(C)C. The molecular formula is C16H32N2O3. The molecule has 0 bridgehead atoms. The van der Waals surface area contributed by atoms with Crippen LogP contribution in [0.25, 0.3) is 0 Å². The van der Waals surface area contributed by atoms with Gasteiger partial charge in [-0.3, -0.25) is 9.59 Å². The molecule has 0 aliphatic carbocycles. The van der Waals surface area contributed by atoms with Crippen LogP contribution < -0.4 is 0 Å². The largest absolute Gasteiger partial charge is 0.481 e. The zero-order valence-corrected chi connectivity index (χ0v) is 14.1. The number of aliphatic carboxylic acids is 1. The van der Waals surface area contributed by atoms with E-state index in [2.05, 4.69) is 18.7 Å². The number of unbranched alkanes of at least 4 members (excludes halogenated alkanes) is 1. The van der Waals surface area contributed by atoms with E-state index < -0.39 is 5.97 Å². The molecule has 0 aromatic heterocycles. The molecule has 0 saturated heterocycles. The van der Waals surface area contributed by atoms with Crippen molar-refractivity contribution in [1.82, 2.24) is 9.80 Å². The van der Waals surface area contributed by atoms with Crippen molar-refractivity contribution in [2.45, 2.75) is 53.4 Å². The summed E-state index contributed by atoms with van der Waals surface area (Å²) in [7, 11) is 0. The molecule has 0 aliphatic rings. The molecule has 1 amide bonds. The Kier molecular flexibility index (Phi) is 10.9. The highest BCUT2D eigenvalue weighted by Gasteiger charge is 2.15. The van der Waals surface area contributed by atoms with E-state index in [0.717, 1.165) is 32.5 Å². The summed E-state index contributed by atoms with van der Waals surface area (Å²) in [5.41, 5.74) is 0. The number of carboxylic acids is 1. The van der Waals surface area contributed by atoms with Crippen molar-refractivity contribution < 1.29 is 14.7 Å². The summed E-state index contributed by atoms with van der Waals surface area (Å²) in [6, 6.07) is 0. The number of rotatable bonds is 12. The number of nitrogens with zero attached hydrogens (tertiary/aromatic N) is 2. The molecule has 0 radical (unpaired) electrons. The summed E-state index contributed by atoms with van der Waals surface area (Å²) in [5.74, 6) is -0.463. The molecule has 0 fully saturated rings. The fourth-order valence-electron chi connectivity index (χ4n) is 2.25. The van der Waals surface area contributed by atoms with E-state index in [1.165, 1.54) is 0 Å². The molecule has 0 spiro atoms. The lowest BCUT2D eigenvalue weighted by Crippen LogP contribution is -2.35. The van der Waals surface area contributed by atoms with E-state index in [-0.39, 0.29) is 12.3 Å². The van der Waals surface area contributed by atoms with Crippen molar-refractivity contribution in [2.24, 2.45) is 5.92 Å². The van der Waals surface area contributed by atoms with Gasteiger partial charge in [0, 0.05) is 19.5 Å². The Balaban J connectivity index is 4.20. The Bertz CT molecular complexity index is 302. The van der Waals surface area contributed by atoms with Gasteiger partial charge in [-0.25, -0.2) is 0 Å². The van der Waals surface area contributed by atoms with Gasteiger partial charge < -0.3 is 14.9 Å². The Morgan fingerprint density at radius 1 is 1.00 bits per heavy atom. The van der Waals surface area contributed by atoms with Crippen molar-refractivity contribution in [3.63, 3.8) is 0 Å². The fraction of sp³-hybridized carbons (Fsp3) is 0.875. The van der Waals surface area contributed by atoms with Gasteiger partial charge in [0.15, 0.2) is 0 Å². The zero-order valence-electron chi connectivity index (χ0n) is 14.1. The maximum absolute atomic E-state index is 12.1. The molecule has 0 atom stereocenters. The maximum atomic E-state index is 12.1. The molecule has 1 N–H and O–H groups in total. The van der Waals surface area contributed by atoms with Crippen molar-refractivity contribution in [1.29, 1.82) is 0 Å². The van der Waals surface area contributed by atoms with E-state index in [9.17, 15) is 9.59 Å². The summed E-state index contributed by atoms with van der Waals surface area (Å²) in [6.45, 7) is 12.4. The quantitative estimate of drug-likeness (QED) is 0.562. The second-order valence-electron chi connectivity index (χ2n) is 5.86. The maximum Gasteiger partial charge on any atom is 0.305 e. The molecule has 124 valence electrons. The third kappa shape index (κ3) is 10.3. The summed E-state index contributed by atoms with van der Waals surface area (Å²) < 4.78 is 0. The topological polar surface area (TPSA) is 60.9 Å². The lowest BCUT2D eigenvalue weighted by Gasteiger charge is -2.24. The molecular weight excluding hydrogens is 268 g/mol. The van der Waals surface area contributed by atoms with E-state index in [0.29, 0.717) is 25.4 Å². The highest BCUT2D eigenvalue weighted by Crippen LogP contribution is 2.07. The molecule has 0 aromatic rings. The Morgan fingerprint density at radius 2 is 1.57 bits per heavy atom. The molecule has 21 heavy (non-hydrogen) atoms. The van der Waals surface area contributed by atoms with Crippen LogP contribution in [0, 0.1) is 5.92 Å². The number of carboxylic acid groups (broad SMARTS) is 1. The molecule has 5 heteroatoms. The van der Waals surface area contributed by atoms with Gasteiger partial charge in [-0.15, -0.1) is 0 Å². The molecule has 0 heterocycles. The minimum atomic E-state index is -0.847. The minimum Gasteiger partial charge on any atom is -0.481 e. The van der Waals surface area contributed by atoms with Crippen molar-refractivity contribution in [2.75, 3.05) is 32.7 Å². The van der Waals surface area contributed by atoms with Crippen LogP contribution in [0.5, 0.6) is 0 Å². The van der Waals surface area contributed by atoms with Crippen LogP contribution in [0.15, 0.2) is 0 Å². The van der Waals surface area contributed by atoms with Gasteiger partial charge in [-0.1, -0.05) is 27.7 Å². The van der Waals surface area contributed by atoms with Crippen LogP contribution in [0.3, 0.4) is 0 Å². The third-order valence-corrected chi connectivity index (χ3v) is 3.58. The average Bonchev–Trinajstić information content (AvgIpc) is 2.40. The van der Waals surface area contributed by atoms with Gasteiger partial charge in [0.05, 0.1) is 6.42 Å². The lowest BCUT2D eigenvalue weighted by molar-refractivity contribution is -0.138. The molecule has 0 unspecified atom stereocenters. The van der Waals surface area contributed by atoms with Crippen LogP contribution in [-0.2, 0) is 9.59 Å². The summed E-state index contributed by atoms with van der Waals surface area (Å²) >= 11 is 0. The van der Waals surface area contributed by atoms with E-state index >= 15 is 0 Å². The average molecular weight is 300 g/mol. The first kappa shape index (κ1) is 19.9. The summed E-state index contributed by atoms with van der Waals surface area (Å²) in [4.78, 5) is 26.9. The number of amides is 1. The number of hydrogen-bond acceptors (Lipinski definition) is 3. The van der Waals surface area contributed by atoms with E-state index in [1.54, 1.807) is 4.90 Å². The van der Waals surface area contributed by atoms with Crippen LogP contribution in [0.1, 0.15) is 53.4 Å².